The molecule has 1 saturated heterocycles. The molecule has 0 spiro atoms. The number of nitrogens with zero attached hydrogens (tertiary/aromatic N) is 1. The zero-order valence-electron chi connectivity index (χ0n) is 15.2. The second-order valence-electron chi connectivity index (χ2n) is 7.38. The SMILES string of the molecule is CC1(/C(C=N)=C2\Nc3cc(F)cc(C(N)=O)c3N2)CCN(CCC(F)(F)F)C1. The third kappa shape index (κ3) is 3.96. The van der Waals surface area contributed by atoms with Gasteiger partial charge in [-0.15, -0.1) is 0 Å². The summed E-state index contributed by atoms with van der Waals surface area (Å²) in [5.41, 5.74) is 5.89. The molecule has 2 heterocycles. The smallest absolute Gasteiger partial charge is 0.366 e. The number of carbonyl (C=O) groups excluding carboxylic acids is 1. The Hall–Kier alpha value is -2.62. The summed E-state index contributed by atoms with van der Waals surface area (Å²) < 4.78 is 51.3. The molecule has 1 aromatic carbocycles. The van der Waals surface area contributed by atoms with Crippen molar-refractivity contribution in [3.05, 3.63) is 34.9 Å². The van der Waals surface area contributed by atoms with Gasteiger partial charge in [0.05, 0.1) is 23.4 Å². The number of nitrogens with two attached hydrogens (primary N) is 1. The van der Waals surface area contributed by atoms with Crippen LogP contribution in [0.5, 0.6) is 0 Å². The van der Waals surface area contributed by atoms with Crippen LogP contribution in [-0.4, -0.2) is 42.8 Å². The van der Waals surface area contributed by atoms with Gasteiger partial charge in [0.1, 0.15) is 11.6 Å². The number of likely N-dealkylation sites (tertiary alicyclic amines) is 1. The van der Waals surface area contributed by atoms with E-state index in [2.05, 4.69) is 10.6 Å². The van der Waals surface area contributed by atoms with Crippen molar-refractivity contribution >= 4 is 23.5 Å². The number of primary amides is 1. The van der Waals surface area contributed by atoms with Gasteiger partial charge in [-0.25, -0.2) is 4.39 Å². The maximum atomic E-state index is 13.8. The van der Waals surface area contributed by atoms with E-state index in [1.807, 2.05) is 6.92 Å². The van der Waals surface area contributed by atoms with E-state index < -0.39 is 29.7 Å². The topological polar surface area (TPSA) is 94.2 Å². The Morgan fingerprint density at radius 1 is 1.39 bits per heavy atom. The van der Waals surface area contributed by atoms with Crippen LogP contribution < -0.4 is 16.4 Å². The van der Waals surface area contributed by atoms with Crippen molar-refractivity contribution < 1.29 is 22.4 Å². The molecule has 3 rings (SSSR count). The van der Waals surface area contributed by atoms with Crippen LogP contribution in [0, 0.1) is 16.6 Å². The minimum absolute atomic E-state index is 0.0230. The number of halogens is 4. The third-order valence-corrected chi connectivity index (χ3v) is 5.21. The second kappa shape index (κ2) is 7.08. The summed E-state index contributed by atoms with van der Waals surface area (Å²) in [4.78, 5) is 13.3. The molecular formula is C18H21F4N5O. The van der Waals surface area contributed by atoms with Gasteiger partial charge in [0.25, 0.3) is 5.91 Å². The summed E-state index contributed by atoms with van der Waals surface area (Å²) in [5.74, 6) is -1.03. The lowest BCUT2D eigenvalue weighted by Crippen LogP contribution is -2.31. The van der Waals surface area contributed by atoms with E-state index in [0.717, 1.165) is 12.3 Å². The van der Waals surface area contributed by atoms with Gasteiger partial charge < -0.3 is 26.7 Å². The van der Waals surface area contributed by atoms with Crippen LogP contribution in [-0.2, 0) is 0 Å². The monoisotopic (exact) mass is 399 g/mol. The molecule has 0 bridgehead atoms. The Morgan fingerprint density at radius 2 is 2.11 bits per heavy atom. The highest BCUT2D eigenvalue weighted by Crippen LogP contribution is 2.42. The molecule has 1 amide bonds. The molecule has 0 aromatic heterocycles. The zero-order valence-corrected chi connectivity index (χ0v) is 15.2. The number of carbonyl (C=O) groups is 1. The molecule has 2 aliphatic rings. The van der Waals surface area contributed by atoms with E-state index in [4.69, 9.17) is 11.1 Å². The number of alkyl halides is 3. The molecule has 2 aliphatic heterocycles. The molecule has 1 aromatic rings. The maximum absolute atomic E-state index is 13.8. The van der Waals surface area contributed by atoms with Crippen LogP contribution in [0.25, 0.3) is 0 Å². The Bertz CT molecular complexity index is 851. The summed E-state index contributed by atoms with van der Waals surface area (Å²) in [5, 5.41) is 13.8. The second-order valence-corrected chi connectivity index (χ2v) is 7.38. The lowest BCUT2D eigenvalue weighted by atomic mass is 9.81. The van der Waals surface area contributed by atoms with Crippen LogP contribution in [0.15, 0.2) is 23.5 Å². The van der Waals surface area contributed by atoms with E-state index in [-0.39, 0.29) is 12.1 Å². The van der Waals surface area contributed by atoms with E-state index >= 15 is 0 Å². The number of amides is 1. The fraction of sp³-hybridized carbons (Fsp3) is 0.444. The Balaban J connectivity index is 1.85. The van der Waals surface area contributed by atoms with Crippen LogP contribution in [0.1, 0.15) is 30.1 Å². The molecule has 1 unspecified atom stereocenters. The first-order chi connectivity index (χ1) is 13.0. The number of fused-ring (bicyclic) bond motifs is 1. The number of anilines is 2. The molecule has 6 nitrogen and oxygen atoms in total. The number of benzene rings is 1. The first-order valence-corrected chi connectivity index (χ1v) is 8.74. The largest absolute Gasteiger partial charge is 0.390 e. The quantitative estimate of drug-likeness (QED) is 0.452. The number of hydrogen-bond acceptors (Lipinski definition) is 5. The average Bonchev–Trinajstić information content (AvgIpc) is 3.16. The van der Waals surface area contributed by atoms with Crippen molar-refractivity contribution in [3.63, 3.8) is 0 Å². The van der Waals surface area contributed by atoms with Crippen molar-refractivity contribution in [3.8, 4) is 0 Å². The van der Waals surface area contributed by atoms with Crippen molar-refractivity contribution in [1.29, 1.82) is 5.41 Å². The predicted molar refractivity (Wildman–Crippen MR) is 97.8 cm³/mol. The molecule has 28 heavy (non-hydrogen) atoms. The summed E-state index contributed by atoms with van der Waals surface area (Å²) in [6.07, 6.45) is -3.40. The maximum Gasteiger partial charge on any atom is 0.390 e. The molecule has 10 heteroatoms. The average molecular weight is 399 g/mol. The van der Waals surface area contributed by atoms with Crippen LogP contribution in [0.3, 0.4) is 0 Å². The Labute approximate surface area is 159 Å². The fourth-order valence-corrected chi connectivity index (χ4v) is 3.76. The highest BCUT2D eigenvalue weighted by molar-refractivity contribution is 6.04. The van der Waals surface area contributed by atoms with E-state index in [1.165, 1.54) is 6.07 Å². The van der Waals surface area contributed by atoms with Crippen molar-refractivity contribution in [1.82, 2.24) is 4.90 Å². The van der Waals surface area contributed by atoms with Gasteiger partial charge >= 0.3 is 6.18 Å². The molecule has 0 aliphatic carbocycles. The third-order valence-electron chi connectivity index (χ3n) is 5.21. The minimum Gasteiger partial charge on any atom is -0.366 e. The Kier molecular flexibility index (Phi) is 5.09. The predicted octanol–water partition coefficient (Wildman–Crippen LogP) is 3.29. The molecular weight excluding hydrogens is 378 g/mol. The van der Waals surface area contributed by atoms with Gasteiger partial charge in [0.15, 0.2) is 0 Å². The number of rotatable bonds is 5. The van der Waals surface area contributed by atoms with Gasteiger partial charge in [-0.1, -0.05) is 6.92 Å². The summed E-state index contributed by atoms with van der Waals surface area (Å²) in [6, 6.07) is 2.23. The van der Waals surface area contributed by atoms with E-state index in [0.29, 0.717) is 42.3 Å². The van der Waals surface area contributed by atoms with E-state index in [9.17, 15) is 22.4 Å². The summed E-state index contributed by atoms with van der Waals surface area (Å²) in [7, 11) is 0. The first-order valence-electron chi connectivity index (χ1n) is 8.74. The molecule has 0 saturated carbocycles. The van der Waals surface area contributed by atoms with E-state index in [1.54, 1.807) is 4.90 Å². The molecule has 0 radical (unpaired) electrons. The van der Waals surface area contributed by atoms with Crippen LogP contribution in [0.2, 0.25) is 0 Å². The van der Waals surface area contributed by atoms with Crippen LogP contribution >= 0.6 is 0 Å². The van der Waals surface area contributed by atoms with Gasteiger partial charge in [-0.2, -0.15) is 13.2 Å². The highest BCUT2D eigenvalue weighted by atomic mass is 19.4. The summed E-state index contributed by atoms with van der Waals surface area (Å²) >= 11 is 0. The first kappa shape index (κ1) is 20.1. The highest BCUT2D eigenvalue weighted by Gasteiger charge is 2.40. The van der Waals surface area contributed by atoms with Crippen molar-refractivity contribution in [2.24, 2.45) is 11.1 Å². The summed E-state index contributed by atoms with van der Waals surface area (Å²) in [6.45, 7) is 2.60. The molecule has 1 atom stereocenters. The lowest BCUT2D eigenvalue weighted by molar-refractivity contribution is -0.137. The van der Waals surface area contributed by atoms with Crippen molar-refractivity contribution in [2.45, 2.75) is 25.9 Å². The standard InChI is InChI=1S/C18H21F4N5O/c1-17(2-4-27(9-17)5-3-18(20,21)22)12(8-23)16-25-13-7-10(19)6-11(15(24)28)14(13)26-16/h6-8,23,25-26H,2-5,9H2,1H3,(H2,24,28)/b16-12+,23-8?. The minimum atomic E-state index is -4.22. The zero-order chi connectivity index (χ0) is 20.7. The van der Waals surface area contributed by atoms with Crippen molar-refractivity contribution in [2.75, 3.05) is 30.3 Å². The number of hydrogen-bond donors (Lipinski definition) is 4. The van der Waals surface area contributed by atoms with Gasteiger partial charge in [0.2, 0.25) is 0 Å². The fourth-order valence-electron chi connectivity index (χ4n) is 3.76. The Morgan fingerprint density at radius 3 is 2.71 bits per heavy atom. The van der Waals surface area contributed by atoms with Gasteiger partial charge in [-0.3, -0.25) is 4.79 Å². The molecule has 5 N–H and O–H groups in total. The molecule has 1 fully saturated rings. The van der Waals surface area contributed by atoms with Gasteiger partial charge in [0, 0.05) is 30.3 Å². The normalized spacial score (nSPS) is 23.8. The van der Waals surface area contributed by atoms with Crippen LogP contribution in [0.4, 0.5) is 28.9 Å². The molecule has 152 valence electrons. The van der Waals surface area contributed by atoms with Gasteiger partial charge in [-0.05, 0) is 25.1 Å². The number of nitrogens with one attached hydrogen (secondary N) is 3. The lowest BCUT2D eigenvalue weighted by Gasteiger charge is -2.27.